The lowest BCUT2D eigenvalue weighted by molar-refractivity contribution is 0.232. The molecule has 0 amide bonds. The summed E-state index contributed by atoms with van der Waals surface area (Å²) in [6, 6.07) is 14.1. The molecule has 4 nitrogen and oxygen atoms in total. The van der Waals surface area contributed by atoms with Crippen molar-refractivity contribution in [2.24, 2.45) is 5.92 Å². The molecule has 2 N–H and O–H groups in total. The van der Waals surface area contributed by atoms with Crippen molar-refractivity contribution in [1.82, 2.24) is 9.97 Å². The number of nitrogens with one attached hydrogen (secondary N) is 1. The van der Waals surface area contributed by atoms with Crippen LogP contribution in [0.3, 0.4) is 0 Å². The summed E-state index contributed by atoms with van der Waals surface area (Å²) < 4.78 is 0. The maximum absolute atomic E-state index is 9.78. The van der Waals surface area contributed by atoms with Gasteiger partial charge in [0.05, 0.1) is 5.52 Å². The quantitative estimate of drug-likeness (QED) is 0.690. The number of aryl methyl sites for hydroxylation is 1. The molecule has 1 unspecified atom stereocenters. The van der Waals surface area contributed by atoms with Crippen molar-refractivity contribution >= 4 is 16.6 Å². The first-order valence-electron chi connectivity index (χ1n) is 8.85. The highest BCUT2D eigenvalue weighted by molar-refractivity contribution is 5.93. The minimum atomic E-state index is 0.117. The zero-order valence-corrected chi connectivity index (χ0v) is 14.9. The van der Waals surface area contributed by atoms with Gasteiger partial charge in [-0.1, -0.05) is 31.2 Å². The van der Waals surface area contributed by atoms with E-state index in [0.717, 1.165) is 40.8 Å². The molecule has 0 saturated carbocycles. The van der Waals surface area contributed by atoms with Gasteiger partial charge in [0.25, 0.3) is 0 Å². The molecule has 0 spiro atoms. The maximum atomic E-state index is 9.78. The van der Waals surface area contributed by atoms with Crippen molar-refractivity contribution in [3.63, 3.8) is 0 Å². The van der Waals surface area contributed by atoms with Gasteiger partial charge >= 0.3 is 0 Å². The molecule has 2 aromatic heterocycles. The lowest BCUT2D eigenvalue weighted by Crippen LogP contribution is -2.21. The van der Waals surface area contributed by atoms with Gasteiger partial charge in [-0.25, -0.2) is 0 Å². The number of hydrogen-bond acceptors (Lipinski definition) is 4. The number of aliphatic hydroxyl groups excluding tert-OH is 1. The molecule has 3 aromatic rings. The van der Waals surface area contributed by atoms with Gasteiger partial charge in [0, 0.05) is 47.7 Å². The van der Waals surface area contributed by atoms with E-state index in [1.54, 1.807) is 6.20 Å². The molecule has 0 saturated heterocycles. The van der Waals surface area contributed by atoms with Crippen molar-refractivity contribution in [3.8, 4) is 0 Å². The number of aliphatic hydroxyl groups is 1. The summed E-state index contributed by atoms with van der Waals surface area (Å²) in [7, 11) is 0. The molecule has 0 aliphatic carbocycles. The molecule has 3 rings (SSSR count). The van der Waals surface area contributed by atoms with E-state index < -0.39 is 0 Å². The summed E-state index contributed by atoms with van der Waals surface area (Å²) in [5, 5.41) is 14.5. The number of benzene rings is 1. The monoisotopic (exact) mass is 335 g/mol. The minimum Gasteiger partial charge on any atom is -0.396 e. The van der Waals surface area contributed by atoms with Crippen LogP contribution in [0.5, 0.6) is 0 Å². The fourth-order valence-electron chi connectivity index (χ4n) is 3.27. The highest BCUT2D eigenvalue weighted by Crippen LogP contribution is 2.29. The molecular weight excluding hydrogens is 310 g/mol. The first kappa shape index (κ1) is 17.4. The largest absolute Gasteiger partial charge is 0.396 e. The number of rotatable bonds is 7. The van der Waals surface area contributed by atoms with E-state index in [4.69, 9.17) is 4.98 Å². The Morgan fingerprint density at radius 2 is 1.92 bits per heavy atom. The second-order valence-electron chi connectivity index (χ2n) is 6.38. The minimum absolute atomic E-state index is 0.117. The van der Waals surface area contributed by atoms with Gasteiger partial charge < -0.3 is 10.4 Å². The molecule has 0 aliphatic heterocycles. The molecule has 130 valence electrons. The summed E-state index contributed by atoms with van der Waals surface area (Å²) in [5.41, 5.74) is 5.46. The Kier molecular flexibility index (Phi) is 5.61. The predicted molar refractivity (Wildman–Crippen MR) is 103 cm³/mol. The van der Waals surface area contributed by atoms with E-state index in [1.165, 1.54) is 5.56 Å². The zero-order chi connectivity index (χ0) is 17.6. The van der Waals surface area contributed by atoms with Crippen molar-refractivity contribution in [2.45, 2.75) is 26.7 Å². The van der Waals surface area contributed by atoms with Crippen LogP contribution in [0.4, 0.5) is 5.69 Å². The number of anilines is 1. The molecule has 1 atom stereocenters. The van der Waals surface area contributed by atoms with Gasteiger partial charge in [-0.2, -0.15) is 0 Å². The number of aromatic nitrogens is 2. The van der Waals surface area contributed by atoms with E-state index in [0.29, 0.717) is 6.54 Å². The first-order chi connectivity index (χ1) is 12.2. The summed E-state index contributed by atoms with van der Waals surface area (Å²) in [4.78, 5) is 9.09. The highest BCUT2D eigenvalue weighted by atomic mass is 16.3. The smallest absolute Gasteiger partial charge is 0.0726 e. The molecule has 0 fully saturated rings. The normalized spacial score (nSPS) is 12.3. The van der Waals surface area contributed by atoms with Gasteiger partial charge in [-0.3, -0.25) is 9.97 Å². The van der Waals surface area contributed by atoms with Crippen LogP contribution < -0.4 is 5.32 Å². The fourth-order valence-corrected chi connectivity index (χ4v) is 3.27. The van der Waals surface area contributed by atoms with Crippen LogP contribution >= 0.6 is 0 Å². The number of para-hydroxylation sites is 1. The Labute approximate surface area is 149 Å². The van der Waals surface area contributed by atoms with Crippen LogP contribution in [0.15, 0.2) is 48.7 Å². The molecular formula is C21H25N3O. The maximum Gasteiger partial charge on any atom is 0.0726 e. The van der Waals surface area contributed by atoms with Crippen molar-refractivity contribution in [1.29, 1.82) is 0 Å². The molecule has 4 heteroatoms. The Morgan fingerprint density at radius 3 is 2.64 bits per heavy atom. The van der Waals surface area contributed by atoms with Crippen molar-refractivity contribution < 1.29 is 5.11 Å². The molecule has 25 heavy (non-hydrogen) atoms. The van der Waals surface area contributed by atoms with Crippen LogP contribution in [-0.4, -0.2) is 28.2 Å². The first-order valence-corrected chi connectivity index (χ1v) is 8.85. The van der Waals surface area contributed by atoms with Gasteiger partial charge in [-0.15, -0.1) is 0 Å². The van der Waals surface area contributed by atoms with E-state index in [9.17, 15) is 5.11 Å². The van der Waals surface area contributed by atoms with Gasteiger partial charge in [-0.05, 0) is 43.5 Å². The standard InChI is InChI=1S/C21H25N3O/c1-3-18-15(2)24-20-10-5-4-9-19(20)21(18)23-13-16(14-25)12-17-8-6-7-11-22-17/h4-11,16,25H,3,12-14H2,1-2H3,(H,23,24). The number of pyridine rings is 2. The fraction of sp³-hybridized carbons (Fsp3) is 0.333. The van der Waals surface area contributed by atoms with Crippen LogP contribution in [0.2, 0.25) is 0 Å². The lowest BCUT2D eigenvalue weighted by atomic mass is 10.0. The van der Waals surface area contributed by atoms with E-state index in [2.05, 4.69) is 30.2 Å². The summed E-state index contributed by atoms with van der Waals surface area (Å²) in [6.45, 7) is 5.05. The van der Waals surface area contributed by atoms with E-state index in [1.807, 2.05) is 36.4 Å². The zero-order valence-electron chi connectivity index (χ0n) is 14.9. The van der Waals surface area contributed by atoms with Gasteiger partial charge in [0.2, 0.25) is 0 Å². The van der Waals surface area contributed by atoms with Crippen molar-refractivity contribution in [2.75, 3.05) is 18.5 Å². The molecule has 0 radical (unpaired) electrons. The van der Waals surface area contributed by atoms with E-state index >= 15 is 0 Å². The second kappa shape index (κ2) is 8.08. The van der Waals surface area contributed by atoms with Gasteiger partial charge in [0.15, 0.2) is 0 Å². The Morgan fingerprint density at radius 1 is 1.12 bits per heavy atom. The van der Waals surface area contributed by atoms with Crippen LogP contribution in [0.1, 0.15) is 23.9 Å². The molecule has 0 aliphatic rings. The number of hydrogen-bond donors (Lipinski definition) is 2. The third-order valence-corrected chi connectivity index (χ3v) is 4.60. The lowest BCUT2D eigenvalue weighted by Gasteiger charge is -2.20. The molecule has 1 aromatic carbocycles. The topological polar surface area (TPSA) is 58.0 Å². The second-order valence-corrected chi connectivity index (χ2v) is 6.38. The SMILES string of the molecule is CCc1c(C)nc2ccccc2c1NCC(CO)Cc1ccccn1. The Hall–Kier alpha value is -2.46. The Bertz CT molecular complexity index is 833. The van der Waals surface area contributed by atoms with E-state index in [-0.39, 0.29) is 12.5 Å². The third-order valence-electron chi connectivity index (χ3n) is 4.60. The molecule has 2 heterocycles. The average molecular weight is 335 g/mol. The summed E-state index contributed by atoms with van der Waals surface area (Å²) >= 11 is 0. The summed E-state index contributed by atoms with van der Waals surface area (Å²) in [6.07, 6.45) is 3.48. The number of fused-ring (bicyclic) bond motifs is 1. The summed E-state index contributed by atoms with van der Waals surface area (Å²) in [5.74, 6) is 0.117. The van der Waals surface area contributed by atoms with Crippen molar-refractivity contribution in [3.05, 3.63) is 65.6 Å². The van der Waals surface area contributed by atoms with Crippen LogP contribution in [0, 0.1) is 12.8 Å². The van der Waals surface area contributed by atoms with Crippen LogP contribution in [-0.2, 0) is 12.8 Å². The Balaban J connectivity index is 1.84. The third kappa shape index (κ3) is 3.97. The highest BCUT2D eigenvalue weighted by Gasteiger charge is 2.14. The van der Waals surface area contributed by atoms with Crippen LogP contribution in [0.25, 0.3) is 10.9 Å². The molecule has 0 bridgehead atoms. The number of nitrogens with zero attached hydrogens (tertiary/aromatic N) is 2. The predicted octanol–water partition coefficient (Wildman–Crippen LogP) is 3.76. The van der Waals surface area contributed by atoms with Gasteiger partial charge in [0.1, 0.15) is 0 Å². The average Bonchev–Trinajstić information content (AvgIpc) is 2.65.